The predicted molar refractivity (Wildman–Crippen MR) is 48.0 cm³/mol. The van der Waals surface area contributed by atoms with Crippen molar-refractivity contribution in [3.05, 3.63) is 17.0 Å². The van der Waals surface area contributed by atoms with Gasteiger partial charge in [-0.3, -0.25) is 4.79 Å². The number of hydrogen-bond donors (Lipinski definition) is 0. The molecule has 1 aromatic heterocycles. The number of carbonyl (C=O) groups excluding carboxylic acids is 1. The van der Waals surface area contributed by atoms with Crippen LogP contribution in [0.5, 0.6) is 0 Å². The van der Waals surface area contributed by atoms with Crippen molar-refractivity contribution in [3.8, 4) is 0 Å². The minimum absolute atomic E-state index is 0.236. The molecule has 0 aromatic carbocycles. The number of aldehydes is 1. The lowest BCUT2D eigenvalue weighted by molar-refractivity contribution is 0.112. The van der Waals surface area contributed by atoms with Gasteiger partial charge < -0.3 is 4.52 Å². The van der Waals surface area contributed by atoms with Crippen molar-refractivity contribution in [2.24, 2.45) is 0 Å². The molecule has 0 spiro atoms. The first-order chi connectivity index (χ1) is 6.24. The molecule has 0 amide bonds. The molecule has 0 N–H and O–H groups in total. The second kappa shape index (κ2) is 2.98. The number of aromatic nitrogens is 1. The molecule has 0 atom stereocenters. The summed E-state index contributed by atoms with van der Waals surface area (Å²) in [6, 6.07) is 0. The molecule has 3 heteroatoms. The first kappa shape index (κ1) is 8.48. The second-order valence-electron chi connectivity index (χ2n) is 3.89. The molecular weight excluding hydrogens is 166 g/mol. The number of carbonyl (C=O) groups is 1. The van der Waals surface area contributed by atoms with E-state index in [4.69, 9.17) is 4.52 Å². The predicted octanol–water partition coefficient (Wildman–Crippen LogP) is 2.49. The molecule has 2 rings (SSSR count). The molecule has 0 radical (unpaired) electrons. The fourth-order valence-corrected chi connectivity index (χ4v) is 1.51. The van der Waals surface area contributed by atoms with E-state index in [0.29, 0.717) is 11.5 Å². The van der Waals surface area contributed by atoms with Crippen LogP contribution in [-0.2, 0) is 0 Å². The Labute approximate surface area is 77.1 Å². The second-order valence-corrected chi connectivity index (χ2v) is 3.89. The van der Waals surface area contributed by atoms with Gasteiger partial charge in [0.1, 0.15) is 5.76 Å². The summed E-state index contributed by atoms with van der Waals surface area (Å²) in [5.74, 6) is 1.45. The van der Waals surface area contributed by atoms with Gasteiger partial charge in [0.2, 0.25) is 0 Å². The lowest BCUT2D eigenvalue weighted by Gasteiger charge is -1.98. The molecule has 1 heterocycles. The molecule has 13 heavy (non-hydrogen) atoms. The van der Waals surface area contributed by atoms with Crippen LogP contribution in [-0.4, -0.2) is 11.4 Å². The van der Waals surface area contributed by atoms with Crippen LogP contribution in [0, 0.1) is 0 Å². The normalized spacial score (nSPS) is 16.5. The van der Waals surface area contributed by atoms with Gasteiger partial charge >= 0.3 is 0 Å². The Hall–Kier alpha value is -1.12. The van der Waals surface area contributed by atoms with Crippen LogP contribution in [0.2, 0.25) is 0 Å². The Morgan fingerprint density at radius 2 is 2.23 bits per heavy atom. The molecule has 3 nitrogen and oxygen atoms in total. The van der Waals surface area contributed by atoms with Gasteiger partial charge in [-0.1, -0.05) is 19.0 Å². The van der Waals surface area contributed by atoms with Crippen molar-refractivity contribution in [2.75, 3.05) is 0 Å². The minimum Gasteiger partial charge on any atom is -0.360 e. The van der Waals surface area contributed by atoms with E-state index in [-0.39, 0.29) is 5.92 Å². The number of nitrogens with zero attached hydrogens (tertiary/aromatic N) is 1. The first-order valence-electron chi connectivity index (χ1n) is 4.68. The minimum atomic E-state index is 0.236. The van der Waals surface area contributed by atoms with E-state index in [0.717, 1.165) is 30.6 Å². The van der Waals surface area contributed by atoms with E-state index in [9.17, 15) is 4.79 Å². The Bertz CT molecular complexity index is 304. The van der Waals surface area contributed by atoms with Gasteiger partial charge in [-0.05, 0) is 12.8 Å². The van der Waals surface area contributed by atoms with E-state index >= 15 is 0 Å². The molecule has 1 saturated carbocycles. The van der Waals surface area contributed by atoms with E-state index in [1.165, 1.54) is 0 Å². The van der Waals surface area contributed by atoms with E-state index in [2.05, 4.69) is 5.16 Å². The van der Waals surface area contributed by atoms with Gasteiger partial charge in [-0.15, -0.1) is 0 Å². The fourth-order valence-electron chi connectivity index (χ4n) is 1.51. The maximum atomic E-state index is 10.8. The van der Waals surface area contributed by atoms with Crippen LogP contribution in [0.1, 0.15) is 60.3 Å². The van der Waals surface area contributed by atoms with Gasteiger partial charge in [0.25, 0.3) is 0 Å². The van der Waals surface area contributed by atoms with Crippen molar-refractivity contribution >= 4 is 6.29 Å². The lowest BCUT2D eigenvalue weighted by atomic mass is 10.0. The highest BCUT2D eigenvalue weighted by Gasteiger charge is 2.31. The zero-order valence-corrected chi connectivity index (χ0v) is 7.91. The van der Waals surface area contributed by atoms with Crippen LogP contribution in [0.4, 0.5) is 0 Å². The summed E-state index contributed by atoms with van der Waals surface area (Å²) in [6.07, 6.45) is 3.16. The van der Waals surface area contributed by atoms with Crippen molar-refractivity contribution in [1.29, 1.82) is 0 Å². The molecular formula is C10H13NO2. The zero-order chi connectivity index (χ0) is 9.42. The lowest BCUT2D eigenvalue weighted by Crippen LogP contribution is -1.93. The fraction of sp³-hybridized carbons (Fsp3) is 0.600. The maximum absolute atomic E-state index is 10.8. The third-order valence-electron chi connectivity index (χ3n) is 2.39. The van der Waals surface area contributed by atoms with Gasteiger partial charge in [0.15, 0.2) is 6.29 Å². The standard InChI is InChI=1S/C10H13NO2/c1-6(2)10-8(5-12)9(11-13-10)7-3-4-7/h5-7H,3-4H2,1-2H3. The molecule has 0 unspecified atom stereocenters. The molecule has 0 saturated heterocycles. The number of rotatable bonds is 3. The Morgan fingerprint density at radius 3 is 2.69 bits per heavy atom. The van der Waals surface area contributed by atoms with Crippen molar-refractivity contribution < 1.29 is 9.32 Å². The van der Waals surface area contributed by atoms with E-state index < -0.39 is 0 Å². The summed E-state index contributed by atoms with van der Waals surface area (Å²) in [6.45, 7) is 4.01. The molecule has 1 fully saturated rings. The summed E-state index contributed by atoms with van der Waals surface area (Å²) in [4.78, 5) is 10.8. The van der Waals surface area contributed by atoms with Crippen molar-refractivity contribution in [1.82, 2.24) is 5.16 Å². The highest BCUT2D eigenvalue weighted by Crippen LogP contribution is 2.42. The summed E-state index contributed by atoms with van der Waals surface area (Å²) in [7, 11) is 0. The maximum Gasteiger partial charge on any atom is 0.155 e. The molecule has 70 valence electrons. The average molecular weight is 179 g/mol. The van der Waals surface area contributed by atoms with Gasteiger partial charge in [-0.25, -0.2) is 0 Å². The summed E-state index contributed by atoms with van der Waals surface area (Å²) in [5, 5.41) is 3.96. The van der Waals surface area contributed by atoms with Crippen LogP contribution in [0.3, 0.4) is 0 Å². The summed E-state index contributed by atoms with van der Waals surface area (Å²) >= 11 is 0. The molecule has 1 aliphatic rings. The van der Waals surface area contributed by atoms with Crippen molar-refractivity contribution in [2.45, 2.75) is 38.5 Å². The molecule has 1 aliphatic carbocycles. The quantitative estimate of drug-likeness (QED) is 0.669. The van der Waals surface area contributed by atoms with Gasteiger partial charge in [0, 0.05) is 11.8 Å². The topological polar surface area (TPSA) is 43.1 Å². The van der Waals surface area contributed by atoms with Crippen molar-refractivity contribution in [3.63, 3.8) is 0 Å². The van der Waals surface area contributed by atoms with E-state index in [1.807, 2.05) is 13.8 Å². The van der Waals surface area contributed by atoms with Crippen LogP contribution in [0.15, 0.2) is 4.52 Å². The monoisotopic (exact) mass is 179 g/mol. The Morgan fingerprint density at radius 1 is 1.54 bits per heavy atom. The first-order valence-corrected chi connectivity index (χ1v) is 4.68. The SMILES string of the molecule is CC(C)c1onc(C2CC2)c1C=O. The average Bonchev–Trinajstić information content (AvgIpc) is 2.84. The van der Waals surface area contributed by atoms with Gasteiger partial charge in [-0.2, -0.15) is 0 Å². The molecule has 1 aromatic rings. The summed E-state index contributed by atoms with van der Waals surface area (Å²) < 4.78 is 5.17. The highest BCUT2D eigenvalue weighted by atomic mass is 16.5. The Kier molecular flexibility index (Phi) is 1.94. The van der Waals surface area contributed by atoms with Gasteiger partial charge in [0.05, 0.1) is 11.3 Å². The van der Waals surface area contributed by atoms with Crippen LogP contribution >= 0.6 is 0 Å². The smallest absolute Gasteiger partial charge is 0.155 e. The van der Waals surface area contributed by atoms with Crippen LogP contribution in [0.25, 0.3) is 0 Å². The third kappa shape index (κ3) is 1.39. The largest absolute Gasteiger partial charge is 0.360 e. The third-order valence-corrected chi connectivity index (χ3v) is 2.39. The van der Waals surface area contributed by atoms with E-state index in [1.54, 1.807) is 0 Å². The number of hydrogen-bond acceptors (Lipinski definition) is 3. The molecule has 0 bridgehead atoms. The Balaban J connectivity index is 2.41. The van der Waals surface area contributed by atoms with Crippen LogP contribution < -0.4 is 0 Å². The zero-order valence-electron chi connectivity index (χ0n) is 7.91. The summed E-state index contributed by atoms with van der Waals surface area (Å²) in [5.41, 5.74) is 1.57. The molecule has 0 aliphatic heterocycles. The highest BCUT2D eigenvalue weighted by molar-refractivity contribution is 5.78.